The van der Waals surface area contributed by atoms with Crippen LogP contribution in [-0.2, 0) is 11.3 Å². The van der Waals surface area contributed by atoms with E-state index in [1.54, 1.807) is 12.4 Å². The molecule has 0 spiro atoms. The molecule has 2 rings (SSSR count). The second kappa shape index (κ2) is 5.77. The van der Waals surface area contributed by atoms with Crippen LogP contribution in [0, 0.1) is 5.92 Å². The van der Waals surface area contributed by atoms with Crippen molar-refractivity contribution in [2.45, 2.75) is 32.4 Å². The van der Waals surface area contributed by atoms with Gasteiger partial charge < -0.3 is 10.6 Å². The van der Waals surface area contributed by atoms with Gasteiger partial charge in [0, 0.05) is 30.9 Å². The van der Waals surface area contributed by atoms with Crippen LogP contribution in [0.2, 0.25) is 0 Å². The summed E-state index contributed by atoms with van der Waals surface area (Å²) in [6, 6.07) is 4.29. The fourth-order valence-corrected chi connectivity index (χ4v) is 2.20. The maximum Gasteiger partial charge on any atom is 0.223 e. The molecule has 0 radical (unpaired) electrons. The quantitative estimate of drug-likeness (QED) is 0.821. The molecular weight excluding hydrogens is 214 g/mol. The lowest BCUT2D eigenvalue weighted by Gasteiger charge is -2.27. The Kier molecular flexibility index (Phi) is 4.09. The molecule has 2 N–H and O–H groups in total. The smallest absolute Gasteiger partial charge is 0.223 e. The molecule has 1 amide bonds. The number of hydrogen-bond acceptors (Lipinski definition) is 3. The van der Waals surface area contributed by atoms with Crippen LogP contribution in [0.3, 0.4) is 0 Å². The van der Waals surface area contributed by atoms with Gasteiger partial charge in [-0.3, -0.25) is 9.78 Å². The lowest BCUT2D eigenvalue weighted by Crippen LogP contribution is -2.42. The Bertz CT molecular complexity index is 366. The zero-order valence-corrected chi connectivity index (χ0v) is 10.1. The molecule has 0 aromatic carbocycles. The second-order valence-electron chi connectivity index (χ2n) is 4.65. The third-order valence-electron chi connectivity index (χ3n) is 3.21. The number of amides is 1. The van der Waals surface area contributed by atoms with Crippen LogP contribution in [0.25, 0.3) is 0 Å². The molecule has 17 heavy (non-hydrogen) atoms. The molecule has 4 nitrogen and oxygen atoms in total. The minimum atomic E-state index is 0.160. The Balaban J connectivity index is 1.81. The molecule has 2 atom stereocenters. The normalized spacial score (nSPS) is 24.3. The first-order valence-corrected chi connectivity index (χ1v) is 6.15. The summed E-state index contributed by atoms with van der Waals surface area (Å²) in [5, 5.41) is 6.35. The summed E-state index contributed by atoms with van der Waals surface area (Å²) in [7, 11) is 0. The van der Waals surface area contributed by atoms with Gasteiger partial charge in [-0.1, -0.05) is 0 Å². The van der Waals surface area contributed by atoms with Crippen LogP contribution < -0.4 is 10.6 Å². The van der Waals surface area contributed by atoms with Gasteiger partial charge in [-0.2, -0.15) is 0 Å². The molecule has 0 saturated carbocycles. The van der Waals surface area contributed by atoms with Gasteiger partial charge in [-0.15, -0.1) is 0 Å². The number of nitrogens with one attached hydrogen (secondary N) is 2. The zero-order chi connectivity index (χ0) is 12.1. The van der Waals surface area contributed by atoms with Crippen LogP contribution in [0.15, 0.2) is 24.5 Å². The Labute approximate surface area is 102 Å². The number of nitrogens with zero attached hydrogens (tertiary/aromatic N) is 1. The van der Waals surface area contributed by atoms with Crippen molar-refractivity contribution in [3.05, 3.63) is 30.1 Å². The summed E-state index contributed by atoms with van der Waals surface area (Å²) in [6.07, 6.45) is 5.36. The predicted octanol–water partition coefficient (Wildman–Crippen LogP) is 1.09. The lowest BCUT2D eigenvalue weighted by molar-refractivity contribution is -0.126. The number of carbonyl (C=O) groups excluding carboxylic acids is 1. The molecule has 0 bridgehead atoms. The van der Waals surface area contributed by atoms with Crippen LogP contribution >= 0.6 is 0 Å². The van der Waals surface area contributed by atoms with E-state index in [0.29, 0.717) is 12.6 Å². The molecule has 4 heteroatoms. The first-order valence-electron chi connectivity index (χ1n) is 6.15. The molecule has 1 aromatic heterocycles. The van der Waals surface area contributed by atoms with Crippen LogP contribution in [0.5, 0.6) is 0 Å². The predicted molar refractivity (Wildman–Crippen MR) is 66.3 cm³/mol. The van der Waals surface area contributed by atoms with E-state index < -0.39 is 0 Å². The fraction of sp³-hybridized carbons (Fsp3) is 0.538. The summed E-state index contributed by atoms with van der Waals surface area (Å²) in [4.78, 5) is 15.9. The fourth-order valence-electron chi connectivity index (χ4n) is 2.20. The van der Waals surface area contributed by atoms with Crippen molar-refractivity contribution in [1.29, 1.82) is 0 Å². The van der Waals surface area contributed by atoms with E-state index in [-0.39, 0.29) is 11.8 Å². The summed E-state index contributed by atoms with van der Waals surface area (Å²) in [5.41, 5.74) is 1.09. The Hall–Kier alpha value is -1.42. The molecule has 0 unspecified atom stereocenters. The van der Waals surface area contributed by atoms with Crippen molar-refractivity contribution in [3.63, 3.8) is 0 Å². The molecule has 0 aliphatic carbocycles. The van der Waals surface area contributed by atoms with E-state index >= 15 is 0 Å². The van der Waals surface area contributed by atoms with E-state index in [2.05, 4.69) is 22.5 Å². The molecule has 1 aromatic rings. The highest BCUT2D eigenvalue weighted by Crippen LogP contribution is 2.16. The van der Waals surface area contributed by atoms with Crippen molar-refractivity contribution in [1.82, 2.24) is 15.6 Å². The summed E-state index contributed by atoms with van der Waals surface area (Å²) >= 11 is 0. The van der Waals surface area contributed by atoms with Crippen LogP contribution in [-0.4, -0.2) is 23.5 Å². The molecule has 1 saturated heterocycles. The van der Waals surface area contributed by atoms with Gasteiger partial charge in [0.15, 0.2) is 0 Å². The van der Waals surface area contributed by atoms with Gasteiger partial charge in [0.2, 0.25) is 5.91 Å². The first-order chi connectivity index (χ1) is 8.25. The second-order valence-corrected chi connectivity index (χ2v) is 4.65. The van der Waals surface area contributed by atoms with Gasteiger partial charge in [0.05, 0.1) is 0 Å². The maximum atomic E-state index is 12.0. The van der Waals surface area contributed by atoms with Crippen LogP contribution in [0.1, 0.15) is 25.3 Å². The van der Waals surface area contributed by atoms with Crippen molar-refractivity contribution in [2.24, 2.45) is 5.92 Å². The van der Waals surface area contributed by atoms with Crippen molar-refractivity contribution in [2.75, 3.05) is 6.54 Å². The van der Waals surface area contributed by atoms with Crippen LogP contribution in [0.4, 0.5) is 0 Å². The Morgan fingerprint density at radius 1 is 1.53 bits per heavy atom. The molecule has 92 valence electrons. The van der Waals surface area contributed by atoms with E-state index in [1.165, 1.54) is 0 Å². The zero-order valence-electron chi connectivity index (χ0n) is 10.1. The maximum absolute atomic E-state index is 12.0. The third-order valence-corrected chi connectivity index (χ3v) is 3.21. The van der Waals surface area contributed by atoms with Crippen molar-refractivity contribution in [3.8, 4) is 0 Å². The summed E-state index contributed by atoms with van der Waals surface area (Å²) < 4.78 is 0. The van der Waals surface area contributed by atoms with Gasteiger partial charge >= 0.3 is 0 Å². The van der Waals surface area contributed by atoms with Gasteiger partial charge in [0.1, 0.15) is 0 Å². The summed E-state index contributed by atoms with van der Waals surface area (Å²) in [5.74, 6) is 0.336. The molecular formula is C13H19N3O. The SMILES string of the molecule is C[C@H]1C[C@@H](C(=O)NCc2ccncc2)CCN1. The number of carbonyl (C=O) groups is 1. The van der Waals surface area contributed by atoms with E-state index in [1.807, 2.05) is 12.1 Å². The number of pyridine rings is 1. The highest BCUT2D eigenvalue weighted by Gasteiger charge is 2.24. The minimum absolute atomic E-state index is 0.160. The minimum Gasteiger partial charge on any atom is -0.352 e. The highest BCUT2D eigenvalue weighted by molar-refractivity contribution is 5.78. The van der Waals surface area contributed by atoms with E-state index in [0.717, 1.165) is 24.9 Å². The molecule has 1 aliphatic heterocycles. The van der Waals surface area contributed by atoms with E-state index in [4.69, 9.17) is 0 Å². The Morgan fingerprint density at radius 3 is 3.00 bits per heavy atom. The number of hydrogen-bond donors (Lipinski definition) is 2. The molecule has 1 fully saturated rings. The number of piperidine rings is 1. The van der Waals surface area contributed by atoms with Gasteiger partial charge in [-0.05, 0) is 44.0 Å². The summed E-state index contributed by atoms with van der Waals surface area (Å²) in [6.45, 7) is 3.66. The van der Waals surface area contributed by atoms with Crippen molar-refractivity contribution >= 4 is 5.91 Å². The van der Waals surface area contributed by atoms with Gasteiger partial charge in [-0.25, -0.2) is 0 Å². The van der Waals surface area contributed by atoms with Gasteiger partial charge in [0.25, 0.3) is 0 Å². The Morgan fingerprint density at radius 2 is 2.29 bits per heavy atom. The topological polar surface area (TPSA) is 54.0 Å². The third kappa shape index (κ3) is 3.53. The van der Waals surface area contributed by atoms with E-state index in [9.17, 15) is 4.79 Å². The average Bonchev–Trinajstić information content (AvgIpc) is 2.37. The standard InChI is InChI=1S/C13H19N3O/c1-10-8-12(4-7-15-10)13(17)16-9-11-2-5-14-6-3-11/h2-3,5-6,10,12,15H,4,7-9H2,1H3,(H,16,17)/t10-,12-/m0/s1. The number of aromatic nitrogens is 1. The molecule has 1 aliphatic rings. The molecule has 2 heterocycles. The average molecular weight is 233 g/mol. The first kappa shape index (κ1) is 12.0. The number of rotatable bonds is 3. The monoisotopic (exact) mass is 233 g/mol. The largest absolute Gasteiger partial charge is 0.352 e. The lowest BCUT2D eigenvalue weighted by atomic mass is 9.92. The highest BCUT2D eigenvalue weighted by atomic mass is 16.1. The van der Waals surface area contributed by atoms with Crippen molar-refractivity contribution < 1.29 is 4.79 Å².